The Balaban J connectivity index is 2.52. The summed E-state index contributed by atoms with van der Waals surface area (Å²) in [6.45, 7) is 3.90. The van der Waals surface area contributed by atoms with Crippen LogP contribution in [0.5, 0.6) is 0 Å². The fourth-order valence-electron chi connectivity index (χ4n) is 1.96. The van der Waals surface area contributed by atoms with Gasteiger partial charge in [0.25, 0.3) is 0 Å². The van der Waals surface area contributed by atoms with Crippen molar-refractivity contribution >= 4 is 11.0 Å². The quantitative estimate of drug-likeness (QED) is 0.825. The molecule has 0 saturated heterocycles. The van der Waals surface area contributed by atoms with Crippen LogP contribution in [-0.4, -0.2) is 16.1 Å². The Kier molecular flexibility index (Phi) is 3.02. The van der Waals surface area contributed by atoms with Crippen LogP contribution in [0, 0.1) is 0 Å². The lowest BCUT2D eigenvalue weighted by Gasteiger charge is -1.99. The van der Waals surface area contributed by atoms with Crippen molar-refractivity contribution < 1.29 is 0 Å². The van der Waals surface area contributed by atoms with Gasteiger partial charge in [-0.2, -0.15) is 0 Å². The molecule has 0 aliphatic carbocycles. The van der Waals surface area contributed by atoms with E-state index in [1.807, 2.05) is 12.3 Å². The van der Waals surface area contributed by atoms with E-state index < -0.39 is 0 Å². The van der Waals surface area contributed by atoms with Crippen molar-refractivity contribution in [2.24, 2.45) is 5.73 Å². The SMILES string of the molecule is CCCn1cc(CCN)c2cccnc21. The van der Waals surface area contributed by atoms with Gasteiger partial charge in [-0.1, -0.05) is 6.92 Å². The number of pyridine rings is 1. The van der Waals surface area contributed by atoms with Crippen molar-refractivity contribution in [1.82, 2.24) is 9.55 Å². The van der Waals surface area contributed by atoms with Crippen LogP contribution in [0.25, 0.3) is 11.0 Å². The molecule has 0 radical (unpaired) electrons. The van der Waals surface area contributed by atoms with Crippen LogP contribution < -0.4 is 5.73 Å². The third-order valence-corrected chi connectivity index (χ3v) is 2.59. The zero-order valence-electron chi connectivity index (χ0n) is 9.11. The van der Waals surface area contributed by atoms with E-state index in [1.165, 1.54) is 10.9 Å². The number of aryl methyl sites for hydroxylation is 1. The zero-order valence-corrected chi connectivity index (χ0v) is 9.11. The number of nitrogens with two attached hydrogens (primary N) is 1. The first kappa shape index (κ1) is 10.2. The van der Waals surface area contributed by atoms with E-state index in [9.17, 15) is 0 Å². The molecule has 0 saturated carbocycles. The van der Waals surface area contributed by atoms with E-state index in [1.54, 1.807) is 0 Å². The maximum absolute atomic E-state index is 5.61. The summed E-state index contributed by atoms with van der Waals surface area (Å²) in [5, 5.41) is 1.25. The molecule has 0 aliphatic heterocycles. The third-order valence-electron chi connectivity index (χ3n) is 2.59. The molecular weight excluding hydrogens is 186 g/mol. The second kappa shape index (κ2) is 4.45. The van der Waals surface area contributed by atoms with Gasteiger partial charge in [0.1, 0.15) is 5.65 Å². The second-order valence-corrected chi connectivity index (χ2v) is 3.76. The maximum Gasteiger partial charge on any atom is 0.140 e. The summed E-state index contributed by atoms with van der Waals surface area (Å²) in [4.78, 5) is 4.42. The minimum atomic E-state index is 0.695. The Hall–Kier alpha value is -1.35. The molecule has 2 aromatic heterocycles. The Labute approximate surface area is 89.9 Å². The highest BCUT2D eigenvalue weighted by molar-refractivity contribution is 5.80. The van der Waals surface area contributed by atoms with E-state index in [2.05, 4.69) is 28.7 Å². The van der Waals surface area contributed by atoms with Crippen LogP contribution in [0.1, 0.15) is 18.9 Å². The van der Waals surface area contributed by atoms with Gasteiger partial charge in [-0.15, -0.1) is 0 Å². The monoisotopic (exact) mass is 203 g/mol. The highest BCUT2D eigenvalue weighted by Crippen LogP contribution is 2.19. The molecule has 0 fully saturated rings. The normalized spacial score (nSPS) is 11.1. The Bertz CT molecular complexity index is 405. The van der Waals surface area contributed by atoms with Gasteiger partial charge >= 0.3 is 0 Å². The molecule has 0 spiro atoms. The first-order valence-electron chi connectivity index (χ1n) is 5.49. The van der Waals surface area contributed by atoms with E-state index in [0.29, 0.717) is 6.54 Å². The zero-order chi connectivity index (χ0) is 10.7. The average Bonchev–Trinajstić information content (AvgIpc) is 2.59. The average molecular weight is 203 g/mol. The summed E-state index contributed by atoms with van der Waals surface area (Å²) in [7, 11) is 0. The molecule has 80 valence electrons. The van der Waals surface area contributed by atoms with Crippen LogP contribution in [-0.2, 0) is 13.0 Å². The topological polar surface area (TPSA) is 43.8 Å². The van der Waals surface area contributed by atoms with Gasteiger partial charge in [0.05, 0.1) is 0 Å². The molecule has 2 heterocycles. The largest absolute Gasteiger partial charge is 0.332 e. The van der Waals surface area contributed by atoms with Crippen LogP contribution in [0.3, 0.4) is 0 Å². The van der Waals surface area contributed by atoms with Gasteiger partial charge in [-0.3, -0.25) is 0 Å². The van der Waals surface area contributed by atoms with Crippen molar-refractivity contribution in [2.75, 3.05) is 6.54 Å². The standard InChI is InChI=1S/C12H17N3/c1-2-8-15-9-10(5-6-13)11-4-3-7-14-12(11)15/h3-4,7,9H,2,5-6,8,13H2,1H3. The molecule has 3 heteroatoms. The van der Waals surface area contributed by atoms with Gasteiger partial charge in [0.2, 0.25) is 0 Å². The molecule has 0 atom stereocenters. The minimum Gasteiger partial charge on any atom is -0.332 e. The number of hydrogen-bond donors (Lipinski definition) is 1. The molecule has 0 unspecified atom stereocenters. The van der Waals surface area contributed by atoms with Crippen LogP contribution in [0.15, 0.2) is 24.5 Å². The van der Waals surface area contributed by atoms with Gasteiger partial charge in [0.15, 0.2) is 0 Å². The molecule has 0 aromatic carbocycles. The van der Waals surface area contributed by atoms with Gasteiger partial charge in [-0.05, 0) is 37.1 Å². The fourth-order valence-corrected chi connectivity index (χ4v) is 1.96. The first-order chi connectivity index (χ1) is 7.36. The summed E-state index contributed by atoms with van der Waals surface area (Å²) >= 11 is 0. The lowest BCUT2D eigenvalue weighted by Crippen LogP contribution is -2.02. The van der Waals surface area contributed by atoms with Crippen molar-refractivity contribution in [3.05, 3.63) is 30.1 Å². The fraction of sp³-hybridized carbons (Fsp3) is 0.417. The number of hydrogen-bond acceptors (Lipinski definition) is 2. The summed E-state index contributed by atoms with van der Waals surface area (Å²) in [5.74, 6) is 0. The Morgan fingerprint density at radius 2 is 2.33 bits per heavy atom. The van der Waals surface area contributed by atoms with Crippen LogP contribution in [0.4, 0.5) is 0 Å². The Morgan fingerprint density at radius 1 is 1.47 bits per heavy atom. The number of rotatable bonds is 4. The molecule has 0 amide bonds. The molecule has 15 heavy (non-hydrogen) atoms. The summed E-state index contributed by atoms with van der Waals surface area (Å²) in [6.07, 6.45) is 6.09. The van der Waals surface area contributed by atoms with Gasteiger partial charge < -0.3 is 10.3 Å². The molecule has 0 aliphatic rings. The highest BCUT2D eigenvalue weighted by Gasteiger charge is 2.07. The lowest BCUT2D eigenvalue weighted by atomic mass is 10.2. The second-order valence-electron chi connectivity index (χ2n) is 3.76. The number of nitrogens with zero attached hydrogens (tertiary/aromatic N) is 2. The van der Waals surface area contributed by atoms with Crippen molar-refractivity contribution in [3.8, 4) is 0 Å². The van der Waals surface area contributed by atoms with E-state index >= 15 is 0 Å². The van der Waals surface area contributed by atoms with Gasteiger partial charge in [0, 0.05) is 24.3 Å². The summed E-state index contributed by atoms with van der Waals surface area (Å²) < 4.78 is 2.22. The minimum absolute atomic E-state index is 0.695. The summed E-state index contributed by atoms with van der Waals surface area (Å²) in [6, 6.07) is 4.11. The number of aromatic nitrogens is 2. The van der Waals surface area contributed by atoms with Crippen molar-refractivity contribution in [3.63, 3.8) is 0 Å². The number of fused-ring (bicyclic) bond motifs is 1. The maximum atomic E-state index is 5.61. The molecule has 3 nitrogen and oxygen atoms in total. The Morgan fingerprint density at radius 3 is 3.07 bits per heavy atom. The smallest absolute Gasteiger partial charge is 0.140 e. The lowest BCUT2D eigenvalue weighted by molar-refractivity contribution is 0.695. The first-order valence-corrected chi connectivity index (χ1v) is 5.49. The van der Waals surface area contributed by atoms with Crippen LogP contribution in [0.2, 0.25) is 0 Å². The predicted octanol–water partition coefficient (Wildman–Crippen LogP) is 1.95. The van der Waals surface area contributed by atoms with Crippen LogP contribution >= 0.6 is 0 Å². The van der Waals surface area contributed by atoms with E-state index in [-0.39, 0.29) is 0 Å². The van der Waals surface area contributed by atoms with Crippen molar-refractivity contribution in [2.45, 2.75) is 26.3 Å². The summed E-state index contributed by atoms with van der Waals surface area (Å²) in [5.41, 5.74) is 8.00. The molecule has 0 bridgehead atoms. The third kappa shape index (κ3) is 1.88. The van der Waals surface area contributed by atoms with Gasteiger partial charge in [-0.25, -0.2) is 4.98 Å². The predicted molar refractivity (Wildman–Crippen MR) is 62.8 cm³/mol. The highest BCUT2D eigenvalue weighted by atomic mass is 15.0. The molecular formula is C12H17N3. The molecule has 2 N–H and O–H groups in total. The van der Waals surface area contributed by atoms with Crippen molar-refractivity contribution in [1.29, 1.82) is 0 Å². The van der Waals surface area contributed by atoms with E-state index in [4.69, 9.17) is 5.73 Å². The molecule has 2 rings (SSSR count). The molecule has 2 aromatic rings. The van der Waals surface area contributed by atoms with E-state index in [0.717, 1.165) is 25.0 Å².